The van der Waals surface area contributed by atoms with Gasteiger partial charge in [0.25, 0.3) is 0 Å². The average molecular weight is 415 g/mol. The zero-order valence-electron chi connectivity index (χ0n) is 17.9. The highest BCUT2D eigenvalue weighted by Gasteiger charge is 2.52. The highest BCUT2D eigenvalue weighted by Crippen LogP contribution is 2.58. The normalized spacial score (nSPS) is 18.3. The van der Waals surface area contributed by atoms with E-state index >= 15 is 0 Å². The van der Waals surface area contributed by atoms with Crippen LogP contribution in [0.3, 0.4) is 0 Å². The Morgan fingerprint density at radius 2 is 2.06 bits per heavy atom. The maximum absolute atomic E-state index is 11.5. The van der Waals surface area contributed by atoms with Crippen molar-refractivity contribution >= 4 is 23.2 Å². The minimum Gasteiger partial charge on any atom is -0.325 e. The topological polar surface area (TPSA) is 75.9 Å². The van der Waals surface area contributed by atoms with Gasteiger partial charge < -0.3 is 10.2 Å². The number of carbonyl (C=O) groups excluding carboxylic acids is 1. The molecule has 2 saturated carbocycles. The first-order valence-electron chi connectivity index (χ1n) is 11.1. The number of carbonyl (C=O) groups is 1. The zero-order chi connectivity index (χ0) is 21.2. The Morgan fingerprint density at radius 3 is 2.81 bits per heavy atom. The summed E-state index contributed by atoms with van der Waals surface area (Å²) >= 11 is 0. The lowest BCUT2D eigenvalue weighted by atomic mass is 10.0. The first kappa shape index (κ1) is 18.5. The molecule has 31 heavy (non-hydrogen) atoms. The summed E-state index contributed by atoms with van der Waals surface area (Å²) < 4.78 is 2.05. The number of anilines is 3. The fourth-order valence-corrected chi connectivity index (χ4v) is 4.68. The molecule has 3 aromatic rings. The monoisotopic (exact) mass is 414 g/mol. The van der Waals surface area contributed by atoms with Crippen molar-refractivity contribution in [2.75, 3.05) is 16.8 Å². The Kier molecular flexibility index (Phi) is 3.97. The van der Waals surface area contributed by atoms with Crippen LogP contribution in [0.1, 0.15) is 43.7 Å². The number of nitrogens with zero attached hydrogens (tertiary/aromatic N) is 5. The van der Waals surface area contributed by atoms with E-state index in [1.165, 1.54) is 43.7 Å². The van der Waals surface area contributed by atoms with Gasteiger partial charge in [-0.2, -0.15) is 5.10 Å². The van der Waals surface area contributed by atoms with Gasteiger partial charge in [-0.05, 0) is 56.2 Å². The standard InChI is InChI=1S/C24H26N6O/c1-15-7-20(18-10-26-29(13-18)12-17-3-4-17)28-23(8-15)30-14-24(5-6-24)19-11-25-22(9-21(19)30)27-16(2)31/h7-11,13,17H,3-6,12,14H2,1-2H3,(H,25,27,31). The lowest BCUT2D eigenvalue weighted by Gasteiger charge is -2.20. The summed E-state index contributed by atoms with van der Waals surface area (Å²) in [5.41, 5.74) is 5.72. The highest BCUT2D eigenvalue weighted by atomic mass is 16.1. The molecular weight excluding hydrogens is 388 g/mol. The van der Waals surface area contributed by atoms with Crippen LogP contribution < -0.4 is 10.2 Å². The number of hydrogen-bond donors (Lipinski definition) is 1. The van der Waals surface area contributed by atoms with Crippen LogP contribution in [0.5, 0.6) is 0 Å². The summed E-state index contributed by atoms with van der Waals surface area (Å²) in [4.78, 5) is 23.4. The molecule has 1 amide bonds. The Morgan fingerprint density at radius 1 is 1.23 bits per heavy atom. The third-order valence-electron chi connectivity index (χ3n) is 6.67. The summed E-state index contributed by atoms with van der Waals surface area (Å²) in [6, 6.07) is 6.25. The molecule has 0 unspecified atom stereocenters. The third-order valence-corrected chi connectivity index (χ3v) is 6.67. The number of fused-ring (bicyclic) bond motifs is 2. The van der Waals surface area contributed by atoms with Crippen molar-refractivity contribution < 1.29 is 4.79 Å². The van der Waals surface area contributed by atoms with Gasteiger partial charge in [-0.1, -0.05) is 0 Å². The molecule has 2 fully saturated rings. The number of rotatable bonds is 5. The van der Waals surface area contributed by atoms with Gasteiger partial charge in [0.05, 0.1) is 17.6 Å². The van der Waals surface area contributed by atoms with Crippen LogP contribution in [0.15, 0.2) is 36.8 Å². The molecule has 0 radical (unpaired) electrons. The van der Waals surface area contributed by atoms with Gasteiger partial charge in [0.1, 0.15) is 11.6 Å². The van der Waals surface area contributed by atoms with Gasteiger partial charge in [-0.15, -0.1) is 0 Å². The van der Waals surface area contributed by atoms with E-state index in [9.17, 15) is 4.79 Å². The molecule has 1 N–H and O–H groups in total. The van der Waals surface area contributed by atoms with Crippen molar-refractivity contribution in [3.63, 3.8) is 0 Å². The van der Waals surface area contributed by atoms with Gasteiger partial charge in [0, 0.05) is 55.0 Å². The fraction of sp³-hybridized carbons (Fsp3) is 0.417. The van der Waals surface area contributed by atoms with Crippen LogP contribution in [0.2, 0.25) is 0 Å². The van der Waals surface area contributed by atoms with E-state index in [0.29, 0.717) is 5.82 Å². The van der Waals surface area contributed by atoms with E-state index < -0.39 is 0 Å². The molecule has 3 aromatic heterocycles. The summed E-state index contributed by atoms with van der Waals surface area (Å²) in [5, 5.41) is 7.37. The van der Waals surface area contributed by atoms with E-state index in [2.05, 4.69) is 45.6 Å². The average Bonchev–Trinajstić information content (AvgIpc) is 3.62. The number of nitrogens with one attached hydrogen (secondary N) is 1. The molecule has 0 saturated heterocycles. The zero-order valence-corrected chi connectivity index (χ0v) is 17.9. The molecule has 0 atom stereocenters. The summed E-state index contributed by atoms with van der Waals surface area (Å²) in [7, 11) is 0. The number of hydrogen-bond acceptors (Lipinski definition) is 5. The molecule has 3 aliphatic rings. The minimum atomic E-state index is -0.114. The highest BCUT2D eigenvalue weighted by molar-refractivity contribution is 5.89. The smallest absolute Gasteiger partial charge is 0.222 e. The fourth-order valence-electron chi connectivity index (χ4n) is 4.68. The van der Waals surface area contributed by atoms with Crippen LogP contribution in [0, 0.1) is 12.8 Å². The van der Waals surface area contributed by atoms with Crippen molar-refractivity contribution in [1.82, 2.24) is 19.7 Å². The second kappa shape index (κ2) is 6.64. The Bertz CT molecular complexity index is 1190. The summed E-state index contributed by atoms with van der Waals surface area (Å²) in [6.45, 7) is 5.53. The molecule has 6 rings (SSSR count). The minimum absolute atomic E-state index is 0.114. The van der Waals surface area contributed by atoms with E-state index in [-0.39, 0.29) is 11.3 Å². The number of pyridine rings is 2. The molecule has 1 spiro atoms. The van der Waals surface area contributed by atoms with Crippen molar-refractivity contribution in [3.05, 3.63) is 47.9 Å². The molecular formula is C24H26N6O. The molecule has 2 aliphatic carbocycles. The van der Waals surface area contributed by atoms with Gasteiger partial charge >= 0.3 is 0 Å². The van der Waals surface area contributed by atoms with Crippen LogP contribution in [0.25, 0.3) is 11.3 Å². The molecule has 0 aromatic carbocycles. The van der Waals surface area contributed by atoms with Crippen LogP contribution in [0.4, 0.5) is 17.3 Å². The molecule has 158 valence electrons. The van der Waals surface area contributed by atoms with E-state index in [4.69, 9.17) is 4.98 Å². The van der Waals surface area contributed by atoms with Gasteiger partial charge in [0.15, 0.2) is 0 Å². The van der Waals surface area contributed by atoms with E-state index in [0.717, 1.165) is 41.8 Å². The Labute approximate surface area is 181 Å². The molecule has 4 heterocycles. The number of aromatic nitrogens is 4. The van der Waals surface area contributed by atoms with E-state index in [1.807, 2.05) is 23.1 Å². The maximum atomic E-state index is 11.5. The van der Waals surface area contributed by atoms with Gasteiger partial charge in [0.2, 0.25) is 5.91 Å². The lowest BCUT2D eigenvalue weighted by molar-refractivity contribution is -0.114. The first-order valence-corrected chi connectivity index (χ1v) is 11.1. The maximum Gasteiger partial charge on any atom is 0.222 e. The van der Waals surface area contributed by atoms with Crippen molar-refractivity contribution in [2.24, 2.45) is 5.92 Å². The Balaban J connectivity index is 1.37. The van der Waals surface area contributed by atoms with Gasteiger partial charge in [-0.25, -0.2) is 9.97 Å². The predicted molar refractivity (Wildman–Crippen MR) is 119 cm³/mol. The second-order valence-electron chi connectivity index (χ2n) is 9.42. The largest absolute Gasteiger partial charge is 0.325 e. The van der Waals surface area contributed by atoms with Gasteiger partial charge in [-0.3, -0.25) is 9.48 Å². The number of amides is 1. The van der Waals surface area contributed by atoms with Crippen LogP contribution in [-0.2, 0) is 16.8 Å². The van der Waals surface area contributed by atoms with Crippen LogP contribution in [-0.4, -0.2) is 32.2 Å². The predicted octanol–water partition coefficient (Wildman–Crippen LogP) is 4.20. The number of aryl methyl sites for hydroxylation is 1. The third kappa shape index (κ3) is 3.38. The molecule has 7 nitrogen and oxygen atoms in total. The quantitative estimate of drug-likeness (QED) is 0.677. The summed E-state index contributed by atoms with van der Waals surface area (Å²) in [5.74, 6) is 2.20. The molecule has 7 heteroatoms. The lowest BCUT2D eigenvalue weighted by Crippen LogP contribution is -2.20. The SMILES string of the molecule is CC(=O)Nc1cc2c(cn1)C1(CC1)CN2c1cc(C)cc(-c2cnn(CC3CC3)c2)n1. The molecule has 1 aliphatic heterocycles. The second-order valence-corrected chi connectivity index (χ2v) is 9.42. The van der Waals surface area contributed by atoms with Crippen LogP contribution >= 0.6 is 0 Å². The summed E-state index contributed by atoms with van der Waals surface area (Å²) in [6.07, 6.45) is 10.9. The van der Waals surface area contributed by atoms with Crippen molar-refractivity contribution in [2.45, 2.75) is 51.5 Å². The Hall–Kier alpha value is -3.22. The van der Waals surface area contributed by atoms with E-state index in [1.54, 1.807) is 0 Å². The molecule has 0 bridgehead atoms. The van der Waals surface area contributed by atoms with Crippen molar-refractivity contribution in [1.29, 1.82) is 0 Å². The first-order chi connectivity index (χ1) is 15.0. The van der Waals surface area contributed by atoms with Crippen molar-refractivity contribution in [3.8, 4) is 11.3 Å².